The number of rotatable bonds is 1. The van der Waals surface area contributed by atoms with Crippen LogP contribution in [-0.2, 0) is 6.18 Å². The fourth-order valence-corrected chi connectivity index (χ4v) is 1.53. The first-order valence-electron chi connectivity index (χ1n) is 5.73. The van der Waals surface area contributed by atoms with Crippen molar-refractivity contribution < 1.29 is 18.0 Å². The highest BCUT2D eigenvalue weighted by molar-refractivity contribution is 5.74. The number of hydrogen-bond donors (Lipinski definition) is 0. The Morgan fingerprint density at radius 3 is 1.65 bits per heavy atom. The quantitative estimate of drug-likeness (QED) is 0.569. The van der Waals surface area contributed by atoms with Gasteiger partial charge in [-0.2, -0.15) is 13.2 Å². The molecule has 4 heteroatoms. The summed E-state index contributed by atoms with van der Waals surface area (Å²) in [6.45, 7) is 0. The third-order valence-electron chi connectivity index (χ3n) is 2.61. The lowest BCUT2D eigenvalue weighted by Crippen LogP contribution is -2.04. The molecule has 0 bridgehead atoms. The average Bonchev–Trinajstić information content (AvgIpc) is 2.45. The molecule has 2 aromatic rings. The van der Waals surface area contributed by atoms with E-state index < -0.39 is 11.7 Å². The van der Waals surface area contributed by atoms with Crippen molar-refractivity contribution in [3.8, 4) is 11.8 Å². The predicted octanol–water partition coefficient (Wildman–Crippen LogP) is 3.92. The van der Waals surface area contributed by atoms with Gasteiger partial charge in [0.05, 0.1) is 5.56 Å². The van der Waals surface area contributed by atoms with Gasteiger partial charge in [-0.1, -0.05) is 24.0 Å². The van der Waals surface area contributed by atoms with Crippen molar-refractivity contribution in [3.63, 3.8) is 0 Å². The molecule has 0 aromatic heterocycles. The van der Waals surface area contributed by atoms with E-state index >= 15 is 0 Å². The van der Waals surface area contributed by atoms with E-state index in [1.165, 1.54) is 12.1 Å². The molecule has 0 amide bonds. The molecule has 0 spiro atoms. The number of benzene rings is 2. The second kappa shape index (κ2) is 5.62. The monoisotopic (exact) mass is 274 g/mol. The van der Waals surface area contributed by atoms with Gasteiger partial charge in [0.15, 0.2) is 0 Å². The second-order valence-corrected chi connectivity index (χ2v) is 4.06. The van der Waals surface area contributed by atoms with Crippen molar-refractivity contribution in [2.45, 2.75) is 6.18 Å². The summed E-state index contributed by atoms with van der Waals surface area (Å²) in [5, 5.41) is 0. The Morgan fingerprint density at radius 2 is 1.25 bits per heavy atom. The molecule has 0 N–H and O–H groups in total. The summed E-state index contributed by atoms with van der Waals surface area (Å²) < 4.78 is 37.1. The van der Waals surface area contributed by atoms with Crippen molar-refractivity contribution in [1.82, 2.24) is 0 Å². The van der Waals surface area contributed by atoms with Gasteiger partial charge >= 0.3 is 6.18 Å². The maximum absolute atomic E-state index is 12.4. The average molecular weight is 274 g/mol. The fourth-order valence-electron chi connectivity index (χ4n) is 1.53. The highest BCUT2D eigenvalue weighted by Crippen LogP contribution is 2.28. The molecule has 0 fully saturated rings. The topological polar surface area (TPSA) is 17.1 Å². The van der Waals surface area contributed by atoms with Gasteiger partial charge < -0.3 is 0 Å². The second-order valence-electron chi connectivity index (χ2n) is 4.06. The van der Waals surface area contributed by atoms with Crippen LogP contribution in [-0.4, -0.2) is 6.29 Å². The van der Waals surface area contributed by atoms with Crippen LogP contribution in [0, 0.1) is 11.8 Å². The van der Waals surface area contributed by atoms with Gasteiger partial charge in [-0.15, -0.1) is 0 Å². The molecule has 0 radical (unpaired) electrons. The number of aldehydes is 1. The molecular weight excluding hydrogens is 265 g/mol. The van der Waals surface area contributed by atoms with Crippen LogP contribution < -0.4 is 0 Å². The van der Waals surface area contributed by atoms with Gasteiger partial charge in [0.25, 0.3) is 0 Å². The minimum atomic E-state index is -4.34. The van der Waals surface area contributed by atoms with Gasteiger partial charge in [0.2, 0.25) is 0 Å². The summed E-state index contributed by atoms with van der Waals surface area (Å²) in [5.74, 6) is 5.59. The van der Waals surface area contributed by atoms with Crippen LogP contribution in [0.25, 0.3) is 0 Å². The summed E-state index contributed by atoms with van der Waals surface area (Å²) in [5.41, 5.74) is 1.04. The SMILES string of the molecule is O=Cc1ccc(C#Cc2ccc(C(F)(F)F)cc2)cc1. The fraction of sp³-hybridized carbons (Fsp3) is 0.0625. The largest absolute Gasteiger partial charge is 0.416 e. The summed E-state index contributed by atoms with van der Waals surface area (Å²) in [6, 6.07) is 11.3. The molecule has 20 heavy (non-hydrogen) atoms. The van der Waals surface area contributed by atoms with Gasteiger partial charge in [0.1, 0.15) is 6.29 Å². The van der Waals surface area contributed by atoms with E-state index in [-0.39, 0.29) is 0 Å². The van der Waals surface area contributed by atoms with Crippen LogP contribution in [0.2, 0.25) is 0 Å². The Hall–Kier alpha value is -2.54. The molecular formula is C16H9F3O. The van der Waals surface area contributed by atoms with E-state index in [2.05, 4.69) is 11.8 Å². The third-order valence-corrected chi connectivity index (χ3v) is 2.61. The molecule has 0 aliphatic heterocycles. The number of carbonyl (C=O) groups is 1. The van der Waals surface area contributed by atoms with Crippen LogP contribution in [0.15, 0.2) is 48.5 Å². The molecule has 0 saturated carbocycles. The molecule has 0 heterocycles. The molecule has 1 nitrogen and oxygen atoms in total. The first-order chi connectivity index (χ1) is 9.49. The molecule has 2 aromatic carbocycles. The van der Waals surface area contributed by atoms with E-state index in [1.807, 2.05) is 0 Å². The Balaban J connectivity index is 2.18. The van der Waals surface area contributed by atoms with Gasteiger partial charge in [-0.05, 0) is 36.4 Å². The molecule has 0 saturated heterocycles. The minimum absolute atomic E-state index is 0.498. The van der Waals surface area contributed by atoms with Crippen LogP contribution in [0.5, 0.6) is 0 Å². The zero-order chi connectivity index (χ0) is 14.6. The van der Waals surface area contributed by atoms with Gasteiger partial charge in [0, 0.05) is 16.7 Å². The predicted molar refractivity (Wildman–Crippen MR) is 69.3 cm³/mol. The number of hydrogen-bond acceptors (Lipinski definition) is 1. The Morgan fingerprint density at radius 1 is 0.800 bits per heavy atom. The summed E-state index contributed by atoms with van der Waals surface area (Å²) in [4.78, 5) is 10.5. The molecule has 100 valence electrons. The van der Waals surface area contributed by atoms with Crippen molar-refractivity contribution in [2.24, 2.45) is 0 Å². The minimum Gasteiger partial charge on any atom is -0.298 e. The standard InChI is InChI=1S/C16H9F3O/c17-16(18,19)15-9-7-13(8-10-15)2-1-12-3-5-14(11-20)6-4-12/h3-11H. The Labute approximate surface area is 114 Å². The molecule has 2 rings (SSSR count). The molecule has 0 unspecified atom stereocenters. The van der Waals surface area contributed by atoms with Crippen molar-refractivity contribution in [3.05, 3.63) is 70.8 Å². The summed E-state index contributed by atoms with van der Waals surface area (Å²) in [7, 11) is 0. The number of carbonyl (C=O) groups excluding carboxylic acids is 1. The highest BCUT2D eigenvalue weighted by Gasteiger charge is 2.29. The molecule has 0 atom stereocenters. The van der Waals surface area contributed by atoms with Crippen LogP contribution in [0.1, 0.15) is 27.0 Å². The van der Waals surface area contributed by atoms with Crippen molar-refractivity contribution in [1.29, 1.82) is 0 Å². The highest BCUT2D eigenvalue weighted by atomic mass is 19.4. The van der Waals surface area contributed by atoms with Crippen molar-refractivity contribution >= 4 is 6.29 Å². The smallest absolute Gasteiger partial charge is 0.298 e. The van der Waals surface area contributed by atoms with E-state index in [4.69, 9.17) is 0 Å². The number of alkyl halides is 3. The van der Waals surface area contributed by atoms with E-state index in [9.17, 15) is 18.0 Å². The third kappa shape index (κ3) is 3.48. The number of halogens is 3. The first kappa shape index (κ1) is 13.9. The lowest BCUT2D eigenvalue weighted by atomic mass is 10.1. The van der Waals surface area contributed by atoms with E-state index in [0.717, 1.165) is 18.4 Å². The van der Waals surface area contributed by atoms with Gasteiger partial charge in [-0.25, -0.2) is 0 Å². The normalized spacial score (nSPS) is 10.6. The lowest BCUT2D eigenvalue weighted by Gasteiger charge is -2.05. The summed E-state index contributed by atoms with van der Waals surface area (Å²) >= 11 is 0. The van der Waals surface area contributed by atoms with E-state index in [0.29, 0.717) is 16.7 Å². The van der Waals surface area contributed by atoms with Crippen LogP contribution >= 0.6 is 0 Å². The molecule has 0 aliphatic carbocycles. The Bertz CT molecular complexity index is 656. The summed E-state index contributed by atoms with van der Waals surface area (Å²) in [6.07, 6.45) is -3.61. The van der Waals surface area contributed by atoms with Crippen molar-refractivity contribution in [2.75, 3.05) is 0 Å². The Kier molecular flexibility index (Phi) is 3.90. The zero-order valence-corrected chi connectivity index (χ0v) is 10.2. The van der Waals surface area contributed by atoms with Crippen LogP contribution in [0.3, 0.4) is 0 Å². The maximum atomic E-state index is 12.4. The lowest BCUT2D eigenvalue weighted by molar-refractivity contribution is -0.137. The zero-order valence-electron chi connectivity index (χ0n) is 10.2. The van der Waals surface area contributed by atoms with Crippen LogP contribution in [0.4, 0.5) is 13.2 Å². The van der Waals surface area contributed by atoms with E-state index in [1.54, 1.807) is 24.3 Å². The first-order valence-corrected chi connectivity index (χ1v) is 5.73. The maximum Gasteiger partial charge on any atom is 0.416 e. The molecule has 0 aliphatic rings. The van der Waals surface area contributed by atoms with Gasteiger partial charge in [-0.3, -0.25) is 4.79 Å².